The molecule has 0 radical (unpaired) electrons. The van der Waals surface area contributed by atoms with Gasteiger partial charge in [-0.05, 0) is 38.1 Å². The van der Waals surface area contributed by atoms with Crippen LogP contribution in [-0.4, -0.2) is 37.0 Å². The quantitative estimate of drug-likeness (QED) is 0.811. The lowest BCUT2D eigenvalue weighted by Gasteiger charge is -2.23. The number of carbonyl (C=O) groups is 1. The Balaban J connectivity index is 1.78. The number of nitrogens with zero attached hydrogens (tertiary/aromatic N) is 1. The third-order valence-electron chi connectivity index (χ3n) is 3.96. The molecule has 0 aromatic heterocycles. The molecule has 20 heavy (non-hydrogen) atoms. The highest BCUT2D eigenvalue weighted by molar-refractivity contribution is 5.94. The number of nitrogens with two attached hydrogens (primary N) is 1. The second-order valence-corrected chi connectivity index (χ2v) is 5.41. The molecule has 1 amide bonds. The fourth-order valence-electron chi connectivity index (χ4n) is 2.64. The average Bonchev–Trinajstić information content (AvgIpc) is 2.95. The Labute approximate surface area is 119 Å². The zero-order valence-corrected chi connectivity index (χ0v) is 11.9. The van der Waals surface area contributed by atoms with Gasteiger partial charge in [0.15, 0.2) is 0 Å². The molecule has 3 N–H and O–H groups in total. The molecular formula is C15H22FN3O. The summed E-state index contributed by atoms with van der Waals surface area (Å²) in [5.41, 5.74) is 5.75. The third kappa shape index (κ3) is 3.70. The molecule has 0 aliphatic heterocycles. The van der Waals surface area contributed by atoms with Gasteiger partial charge in [0.05, 0.1) is 5.69 Å². The van der Waals surface area contributed by atoms with Crippen molar-refractivity contribution >= 4 is 11.6 Å². The van der Waals surface area contributed by atoms with Crippen LogP contribution in [0.1, 0.15) is 36.0 Å². The van der Waals surface area contributed by atoms with Crippen molar-refractivity contribution in [2.75, 3.05) is 25.9 Å². The van der Waals surface area contributed by atoms with Gasteiger partial charge in [-0.1, -0.05) is 12.8 Å². The number of carbonyl (C=O) groups excluding carboxylic acids is 1. The Bertz CT molecular complexity index is 472. The van der Waals surface area contributed by atoms with Gasteiger partial charge in [0, 0.05) is 24.7 Å². The van der Waals surface area contributed by atoms with Crippen LogP contribution in [0.4, 0.5) is 10.1 Å². The summed E-state index contributed by atoms with van der Waals surface area (Å²) < 4.78 is 13.3. The number of amides is 1. The third-order valence-corrected chi connectivity index (χ3v) is 3.96. The largest absolute Gasteiger partial charge is 0.396 e. The van der Waals surface area contributed by atoms with Gasteiger partial charge in [0.1, 0.15) is 5.82 Å². The van der Waals surface area contributed by atoms with Crippen LogP contribution in [0.25, 0.3) is 0 Å². The SMILES string of the molecule is CN(CCNC(=O)c1ccc(N)c(F)c1)C1CCCC1. The second kappa shape index (κ2) is 6.70. The maximum atomic E-state index is 13.3. The minimum Gasteiger partial charge on any atom is -0.396 e. The van der Waals surface area contributed by atoms with Crippen LogP contribution in [0.15, 0.2) is 18.2 Å². The van der Waals surface area contributed by atoms with Crippen molar-refractivity contribution in [2.45, 2.75) is 31.7 Å². The number of nitrogen functional groups attached to an aromatic ring is 1. The van der Waals surface area contributed by atoms with Crippen LogP contribution in [0.3, 0.4) is 0 Å². The number of hydrogen-bond acceptors (Lipinski definition) is 3. The predicted molar refractivity (Wildman–Crippen MR) is 78.0 cm³/mol. The predicted octanol–water partition coefficient (Wildman–Crippen LogP) is 2.01. The van der Waals surface area contributed by atoms with Gasteiger partial charge < -0.3 is 16.0 Å². The lowest BCUT2D eigenvalue weighted by atomic mass is 10.2. The molecule has 1 aliphatic carbocycles. The molecule has 2 rings (SSSR count). The fourth-order valence-corrected chi connectivity index (χ4v) is 2.64. The molecule has 1 aromatic carbocycles. The van der Waals surface area contributed by atoms with Gasteiger partial charge >= 0.3 is 0 Å². The van der Waals surface area contributed by atoms with Crippen molar-refractivity contribution in [2.24, 2.45) is 0 Å². The number of halogens is 1. The smallest absolute Gasteiger partial charge is 0.251 e. The molecule has 1 aliphatic rings. The molecule has 0 heterocycles. The zero-order valence-electron chi connectivity index (χ0n) is 11.9. The van der Waals surface area contributed by atoms with Gasteiger partial charge in [-0.3, -0.25) is 4.79 Å². The number of likely N-dealkylation sites (N-methyl/N-ethyl adjacent to an activating group) is 1. The first-order valence-electron chi connectivity index (χ1n) is 7.11. The summed E-state index contributed by atoms with van der Waals surface area (Å²) >= 11 is 0. The number of nitrogens with one attached hydrogen (secondary N) is 1. The van der Waals surface area contributed by atoms with E-state index in [1.165, 1.54) is 43.9 Å². The molecule has 110 valence electrons. The zero-order chi connectivity index (χ0) is 14.5. The summed E-state index contributed by atoms with van der Waals surface area (Å²) in [5, 5.41) is 2.81. The molecule has 1 saturated carbocycles. The normalized spacial score (nSPS) is 15.8. The molecule has 0 saturated heterocycles. The number of anilines is 1. The van der Waals surface area contributed by atoms with Crippen molar-refractivity contribution < 1.29 is 9.18 Å². The van der Waals surface area contributed by atoms with Crippen LogP contribution in [0.5, 0.6) is 0 Å². The van der Waals surface area contributed by atoms with E-state index in [1.807, 2.05) is 0 Å². The van der Waals surface area contributed by atoms with Gasteiger partial charge in [-0.2, -0.15) is 0 Å². The van der Waals surface area contributed by atoms with Gasteiger partial charge in [0.25, 0.3) is 5.91 Å². The minimum atomic E-state index is -0.555. The van der Waals surface area contributed by atoms with E-state index >= 15 is 0 Å². The summed E-state index contributed by atoms with van der Waals surface area (Å²) in [7, 11) is 2.09. The molecule has 0 unspecified atom stereocenters. The van der Waals surface area contributed by atoms with E-state index in [2.05, 4.69) is 17.3 Å². The molecular weight excluding hydrogens is 257 g/mol. The van der Waals surface area contributed by atoms with Gasteiger partial charge in [0.2, 0.25) is 0 Å². The van der Waals surface area contributed by atoms with Gasteiger partial charge in [-0.15, -0.1) is 0 Å². The number of rotatable bonds is 5. The van der Waals surface area contributed by atoms with E-state index in [0.29, 0.717) is 18.2 Å². The molecule has 0 atom stereocenters. The van der Waals surface area contributed by atoms with Crippen molar-refractivity contribution in [3.8, 4) is 0 Å². The van der Waals surface area contributed by atoms with Crippen LogP contribution in [0, 0.1) is 5.82 Å². The first-order chi connectivity index (χ1) is 9.58. The molecule has 1 aromatic rings. The first kappa shape index (κ1) is 14.8. The van der Waals surface area contributed by atoms with Crippen LogP contribution < -0.4 is 11.1 Å². The Kier molecular flexibility index (Phi) is 4.95. The first-order valence-corrected chi connectivity index (χ1v) is 7.11. The summed E-state index contributed by atoms with van der Waals surface area (Å²) in [6, 6.07) is 4.76. The monoisotopic (exact) mass is 279 g/mol. The lowest BCUT2D eigenvalue weighted by molar-refractivity contribution is 0.0946. The van der Waals surface area contributed by atoms with Crippen molar-refractivity contribution in [1.29, 1.82) is 0 Å². The molecule has 0 bridgehead atoms. The maximum Gasteiger partial charge on any atom is 0.251 e. The van der Waals surface area contributed by atoms with E-state index in [9.17, 15) is 9.18 Å². The summed E-state index contributed by atoms with van der Waals surface area (Å²) in [5.74, 6) is -0.815. The van der Waals surface area contributed by atoms with E-state index in [4.69, 9.17) is 5.73 Å². The Hall–Kier alpha value is -1.62. The highest BCUT2D eigenvalue weighted by Crippen LogP contribution is 2.21. The Morgan fingerprint density at radius 1 is 1.45 bits per heavy atom. The van der Waals surface area contributed by atoms with Crippen LogP contribution in [0.2, 0.25) is 0 Å². The molecule has 4 nitrogen and oxygen atoms in total. The minimum absolute atomic E-state index is 0.0579. The molecule has 5 heteroatoms. The van der Waals surface area contributed by atoms with Crippen LogP contribution in [-0.2, 0) is 0 Å². The highest BCUT2D eigenvalue weighted by Gasteiger charge is 2.19. The Morgan fingerprint density at radius 2 is 2.15 bits per heavy atom. The fraction of sp³-hybridized carbons (Fsp3) is 0.533. The van der Waals surface area contributed by atoms with Crippen molar-refractivity contribution in [3.63, 3.8) is 0 Å². The van der Waals surface area contributed by atoms with Crippen molar-refractivity contribution in [3.05, 3.63) is 29.6 Å². The average molecular weight is 279 g/mol. The lowest BCUT2D eigenvalue weighted by Crippen LogP contribution is -2.37. The van der Waals surface area contributed by atoms with Crippen molar-refractivity contribution in [1.82, 2.24) is 10.2 Å². The molecule has 0 spiro atoms. The van der Waals surface area contributed by atoms with Crippen LogP contribution >= 0.6 is 0 Å². The molecule has 1 fully saturated rings. The topological polar surface area (TPSA) is 58.4 Å². The number of benzene rings is 1. The highest BCUT2D eigenvalue weighted by atomic mass is 19.1. The summed E-state index contributed by atoms with van der Waals surface area (Å²) in [4.78, 5) is 14.2. The summed E-state index contributed by atoms with van der Waals surface area (Å²) in [6.07, 6.45) is 5.08. The van der Waals surface area contributed by atoms with E-state index < -0.39 is 5.82 Å². The maximum absolute atomic E-state index is 13.3. The summed E-state index contributed by atoms with van der Waals surface area (Å²) in [6.45, 7) is 1.38. The Morgan fingerprint density at radius 3 is 2.80 bits per heavy atom. The second-order valence-electron chi connectivity index (χ2n) is 5.41. The van der Waals surface area contributed by atoms with E-state index in [0.717, 1.165) is 6.54 Å². The van der Waals surface area contributed by atoms with Gasteiger partial charge in [-0.25, -0.2) is 4.39 Å². The number of hydrogen-bond donors (Lipinski definition) is 2. The van der Waals surface area contributed by atoms with E-state index in [-0.39, 0.29) is 11.6 Å². The van der Waals surface area contributed by atoms with E-state index in [1.54, 1.807) is 0 Å². The standard InChI is InChI=1S/C15H22FN3O/c1-19(12-4-2-3-5-12)9-8-18-15(20)11-6-7-14(17)13(16)10-11/h6-7,10,12H,2-5,8-9,17H2,1H3,(H,18,20).